The monoisotopic (exact) mass is 462 g/mol. The van der Waals surface area contributed by atoms with E-state index in [1.165, 1.54) is 48.6 Å². The van der Waals surface area contributed by atoms with Crippen LogP contribution in [-0.4, -0.2) is 39.0 Å². The third-order valence-electron chi connectivity index (χ3n) is 4.63. The SMILES string of the molecule is O=C(C=Cc1ccc(O)c(O)c1)OCC(OC(=O)C=Cc1ccc(O)c(O)c1)c1ccccc1. The van der Waals surface area contributed by atoms with Crippen LogP contribution in [0.2, 0.25) is 0 Å². The number of esters is 2. The van der Waals surface area contributed by atoms with Gasteiger partial charge in [-0.2, -0.15) is 0 Å². The average Bonchev–Trinajstić information content (AvgIpc) is 2.83. The number of hydrogen-bond acceptors (Lipinski definition) is 8. The molecule has 4 N–H and O–H groups in total. The van der Waals surface area contributed by atoms with Gasteiger partial charge < -0.3 is 29.9 Å². The predicted octanol–water partition coefficient (Wildman–Crippen LogP) is 4.06. The summed E-state index contributed by atoms with van der Waals surface area (Å²) in [6.07, 6.45) is 4.24. The minimum Gasteiger partial charge on any atom is -0.504 e. The number of phenols is 4. The Morgan fingerprint density at radius 1 is 0.706 bits per heavy atom. The van der Waals surface area contributed by atoms with E-state index in [1.54, 1.807) is 30.3 Å². The zero-order chi connectivity index (χ0) is 24.5. The molecule has 3 rings (SSSR count). The van der Waals surface area contributed by atoms with Crippen molar-refractivity contribution in [3.63, 3.8) is 0 Å². The largest absolute Gasteiger partial charge is 0.504 e. The molecule has 8 nitrogen and oxygen atoms in total. The van der Waals surface area contributed by atoms with Crippen LogP contribution < -0.4 is 0 Å². The molecule has 0 aliphatic rings. The van der Waals surface area contributed by atoms with Gasteiger partial charge in [-0.3, -0.25) is 0 Å². The van der Waals surface area contributed by atoms with Crippen LogP contribution >= 0.6 is 0 Å². The molecule has 0 aliphatic carbocycles. The van der Waals surface area contributed by atoms with E-state index < -0.39 is 18.0 Å². The van der Waals surface area contributed by atoms with E-state index in [1.807, 2.05) is 0 Å². The van der Waals surface area contributed by atoms with Crippen molar-refractivity contribution in [2.45, 2.75) is 6.10 Å². The molecule has 0 radical (unpaired) electrons. The Kier molecular flexibility index (Phi) is 7.91. The standard InChI is InChI=1S/C26H22O8/c27-20-10-6-17(14-22(20)29)8-12-25(31)33-16-24(19-4-2-1-3-5-19)34-26(32)13-9-18-7-11-21(28)23(30)15-18/h1-15,24,27-30H,16H2. The maximum absolute atomic E-state index is 12.3. The van der Waals surface area contributed by atoms with Gasteiger partial charge in [-0.15, -0.1) is 0 Å². The lowest BCUT2D eigenvalue weighted by Gasteiger charge is -2.17. The highest BCUT2D eigenvalue weighted by Crippen LogP contribution is 2.26. The van der Waals surface area contributed by atoms with E-state index in [0.29, 0.717) is 16.7 Å². The summed E-state index contributed by atoms with van der Waals surface area (Å²) >= 11 is 0. The molecule has 0 aliphatic heterocycles. The van der Waals surface area contributed by atoms with E-state index in [0.717, 1.165) is 12.2 Å². The van der Waals surface area contributed by atoms with Crippen LogP contribution in [0.5, 0.6) is 23.0 Å². The minimum atomic E-state index is -0.873. The molecule has 34 heavy (non-hydrogen) atoms. The van der Waals surface area contributed by atoms with Crippen molar-refractivity contribution < 1.29 is 39.5 Å². The molecule has 0 spiro atoms. The Morgan fingerprint density at radius 2 is 1.24 bits per heavy atom. The Labute approximate surface area is 195 Å². The van der Waals surface area contributed by atoms with Crippen molar-refractivity contribution >= 4 is 24.1 Å². The molecule has 0 heterocycles. The Hall–Kier alpha value is -4.72. The number of hydrogen-bond donors (Lipinski definition) is 4. The van der Waals surface area contributed by atoms with Gasteiger partial charge in [0.1, 0.15) is 6.61 Å². The van der Waals surface area contributed by atoms with Gasteiger partial charge in [0.25, 0.3) is 0 Å². The molecule has 0 saturated heterocycles. The molecule has 8 heteroatoms. The van der Waals surface area contributed by atoms with Crippen molar-refractivity contribution in [1.82, 2.24) is 0 Å². The lowest BCUT2D eigenvalue weighted by molar-refractivity contribution is -0.153. The van der Waals surface area contributed by atoms with Crippen LogP contribution in [-0.2, 0) is 19.1 Å². The van der Waals surface area contributed by atoms with Crippen molar-refractivity contribution in [2.24, 2.45) is 0 Å². The maximum Gasteiger partial charge on any atom is 0.331 e. The van der Waals surface area contributed by atoms with E-state index in [4.69, 9.17) is 9.47 Å². The van der Waals surface area contributed by atoms with Crippen molar-refractivity contribution in [1.29, 1.82) is 0 Å². The van der Waals surface area contributed by atoms with Crippen molar-refractivity contribution in [3.8, 4) is 23.0 Å². The fourth-order valence-electron chi connectivity index (χ4n) is 2.87. The summed E-state index contributed by atoms with van der Waals surface area (Å²) in [6.45, 7) is -0.242. The number of carbonyl (C=O) groups is 2. The summed E-state index contributed by atoms with van der Waals surface area (Å²) in [5.41, 5.74) is 1.57. The number of rotatable bonds is 8. The highest BCUT2D eigenvalue weighted by atomic mass is 16.6. The molecule has 0 aromatic heterocycles. The number of carbonyl (C=O) groups excluding carboxylic acids is 2. The lowest BCUT2D eigenvalue weighted by Crippen LogP contribution is -2.17. The zero-order valence-corrected chi connectivity index (χ0v) is 17.9. The Bertz CT molecular complexity index is 1210. The first-order chi connectivity index (χ1) is 16.3. The van der Waals surface area contributed by atoms with E-state index >= 15 is 0 Å². The second kappa shape index (κ2) is 11.2. The Balaban J connectivity index is 1.64. The van der Waals surface area contributed by atoms with Crippen LogP contribution in [0.1, 0.15) is 22.8 Å². The average molecular weight is 462 g/mol. The molecule has 174 valence electrons. The van der Waals surface area contributed by atoms with Crippen molar-refractivity contribution in [3.05, 3.63) is 95.6 Å². The van der Waals surface area contributed by atoms with E-state index in [-0.39, 0.29) is 29.6 Å². The van der Waals surface area contributed by atoms with Crippen molar-refractivity contribution in [2.75, 3.05) is 6.61 Å². The van der Waals surface area contributed by atoms with E-state index in [2.05, 4.69) is 0 Å². The quantitative estimate of drug-likeness (QED) is 0.224. The lowest BCUT2D eigenvalue weighted by atomic mass is 10.1. The third kappa shape index (κ3) is 6.89. The van der Waals surface area contributed by atoms with Gasteiger partial charge in [-0.25, -0.2) is 9.59 Å². The number of ether oxygens (including phenoxy) is 2. The fraction of sp³-hybridized carbons (Fsp3) is 0.0769. The smallest absolute Gasteiger partial charge is 0.331 e. The van der Waals surface area contributed by atoms with Gasteiger partial charge in [0, 0.05) is 12.2 Å². The summed E-state index contributed by atoms with van der Waals surface area (Å²) in [7, 11) is 0. The van der Waals surface area contributed by atoms with Gasteiger partial charge in [-0.1, -0.05) is 42.5 Å². The summed E-state index contributed by atoms with van der Waals surface area (Å²) < 4.78 is 10.7. The molecule has 1 atom stereocenters. The summed E-state index contributed by atoms with van der Waals surface area (Å²) in [4.78, 5) is 24.5. The molecule has 0 saturated carbocycles. The van der Waals surface area contributed by atoms with Gasteiger partial charge in [0.2, 0.25) is 0 Å². The van der Waals surface area contributed by atoms with Gasteiger partial charge in [0.15, 0.2) is 29.1 Å². The first-order valence-corrected chi connectivity index (χ1v) is 10.1. The van der Waals surface area contributed by atoms with Crippen LogP contribution in [0.25, 0.3) is 12.2 Å². The molecule has 3 aromatic rings. The van der Waals surface area contributed by atoms with Crippen LogP contribution in [0.4, 0.5) is 0 Å². The minimum absolute atomic E-state index is 0.242. The fourth-order valence-corrected chi connectivity index (χ4v) is 2.87. The zero-order valence-electron chi connectivity index (χ0n) is 17.9. The highest BCUT2D eigenvalue weighted by molar-refractivity contribution is 5.88. The molecule has 0 fully saturated rings. The second-order valence-electron chi connectivity index (χ2n) is 7.13. The second-order valence-corrected chi connectivity index (χ2v) is 7.13. The summed E-state index contributed by atoms with van der Waals surface area (Å²) in [5.74, 6) is -2.58. The van der Waals surface area contributed by atoms with Gasteiger partial charge >= 0.3 is 11.9 Å². The molecule has 0 amide bonds. The molecule has 3 aromatic carbocycles. The summed E-state index contributed by atoms with van der Waals surface area (Å²) in [5, 5.41) is 37.8. The third-order valence-corrected chi connectivity index (χ3v) is 4.63. The molecular weight excluding hydrogens is 440 g/mol. The normalized spacial score (nSPS) is 12.0. The number of aromatic hydroxyl groups is 4. The first-order valence-electron chi connectivity index (χ1n) is 10.1. The Morgan fingerprint density at radius 3 is 1.76 bits per heavy atom. The van der Waals surface area contributed by atoms with E-state index in [9.17, 15) is 30.0 Å². The summed E-state index contributed by atoms with van der Waals surface area (Å²) in [6, 6.07) is 16.9. The first kappa shape index (κ1) is 23.9. The van der Waals surface area contributed by atoms with Crippen LogP contribution in [0.15, 0.2) is 78.9 Å². The van der Waals surface area contributed by atoms with Crippen LogP contribution in [0, 0.1) is 0 Å². The number of benzene rings is 3. The van der Waals surface area contributed by atoms with Gasteiger partial charge in [-0.05, 0) is 53.1 Å². The number of phenolic OH excluding ortho intramolecular Hbond substituents is 4. The molecule has 1 unspecified atom stereocenters. The molecule has 0 bridgehead atoms. The maximum atomic E-state index is 12.3. The molecular formula is C26H22O8. The van der Waals surface area contributed by atoms with Crippen LogP contribution in [0.3, 0.4) is 0 Å². The topological polar surface area (TPSA) is 134 Å². The highest BCUT2D eigenvalue weighted by Gasteiger charge is 2.17. The van der Waals surface area contributed by atoms with Gasteiger partial charge in [0.05, 0.1) is 0 Å². The predicted molar refractivity (Wildman–Crippen MR) is 124 cm³/mol.